The van der Waals surface area contributed by atoms with Crippen molar-refractivity contribution in [2.75, 3.05) is 26.3 Å². The van der Waals surface area contributed by atoms with Gasteiger partial charge in [-0.25, -0.2) is 4.39 Å². The quantitative estimate of drug-likeness (QED) is 0.843. The average molecular weight is 386 g/mol. The van der Waals surface area contributed by atoms with Crippen molar-refractivity contribution in [1.82, 2.24) is 4.90 Å². The summed E-state index contributed by atoms with van der Waals surface area (Å²) in [5, 5.41) is 9.22. The van der Waals surface area contributed by atoms with Crippen molar-refractivity contribution in [3.05, 3.63) is 29.0 Å². The van der Waals surface area contributed by atoms with Crippen molar-refractivity contribution in [1.29, 1.82) is 0 Å². The van der Waals surface area contributed by atoms with E-state index >= 15 is 0 Å². The summed E-state index contributed by atoms with van der Waals surface area (Å²) < 4.78 is 24.1. The van der Waals surface area contributed by atoms with Crippen LogP contribution in [0.4, 0.5) is 4.39 Å². The average Bonchev–Trinajstić information content (AvgIpc) is 3.12. The van der Waals surface area contributed by atoms with Crippen LogP contribution in [0.25, 0.3) is 0 Å². The van der Waals surface area contributed by atoms with Gasteiger partial charge in [0.25, 0.3) is 5.91 Å². The number of halogens is 2. The molecule has 0 aromatic heterocycles. The Balaban J connectivity index is 1.47. The van der Waals surface area contributed by atoms with Crippen LogP contribution in [0.1, 0.15) is 19.3 Å². The van der Waals surface area contributed by atoms with Gasteiger partial charge in [0.05, 0.1) is 17.0 Å². The highest BCUT2D eigenvalue weighted by Crippen LogP contribution is 2.33. The number of carboxylic acids is 1. The fraction of sp³-hybridized carbons (Fsp3) is 0.556. The fourth-order valence-electron chi connectivity index (χ4n) is 3.62. The molecule has 1 aromatic carbocycles. The Morgan fingerprint density at radius 1 is 1.31 bits per heavy atom. The lowest BCUT2D eigenvalue weighted by atomic mass is 9.84. The minimum atomic E-state index is -0.808. The molecule has 1 N–H and O–H groups in total. The van der Waals surface area contributed by atoms with Crippen LogP contribution >= 0.6 is 11.6 Å². The van der Waals surface area contributed by atoms with Gasteiger partial charge < -0.3 is 19.5 Å². The first-order valence-electron chi connectivity index (χ1n) is 8.65. The summed E-state index contributed by atoms with van der Waals surface area (Å²) in [6.45, 7) is 1.42. The monoisotopic (exact) mass is 385 g/mol. The third-order valence-corrected chi connectivity index (χ3v) is 5.35. The zero-order valence-corrected chi connectivity index (χ0v) is 15.0. The minimum absolute atomic E-state index is 0.0553. The number of hydrogen-bond acceptors (Lipinski definition) is 4. The second-order valence-electron chi connectivity index (χ2n) is 6.65. The van der Waals surface area contributed by atoms with E-state index in [1.807, 2.05) is 0 Å². The molecule has 1 amide bonds. The Labute approximate surface area is 155 Å². The lowest BCUT2D eigenvalue weighted by Crippen LogP contribution is -2.44. The maximum Gasteiger partial charge on any atom is 0.309 e. The largest absolute Gasteiger partial charge is 0.484 e. The number of likely N-dealkylation sites (tertiary alicyclic amines) is 1. The van der Waals surface area contributed by atoms with Crippen LogP contribution in [0.15, 0.2) is 18.2 Å². The predicted octanol–water partition coefficient (Wildman–Crippen LogP) is 2.59. The van der Waals surface area contributed by atoms with Crippen LogP contribution in [-0.2, 0) is 14.3 Å². The Hall–Kier alpha value is -1.86. The molecule has 1 aromatic rings. The summed E-state index contributed by atoms with van der Waals surface area (Å²) in [5.41, 5.74) is 0. The molecule has 2 fully saturated rings. The number of nitrogens with zero attached hydrogens (tertiary/aromatic N) is 1. The van der Waals surface area contributed by atoms with Crippen LogP contribution in [0.3, 0.4) is 0 Å². The molecule has 2 aliphatic heterocycles. The zero-order valence-electron chi connectivity index (χ0n) is 14.2. The second-order valence-corrected chi connectivity index (χ2v) is 7.06. The van der Waals surface area contributed by atoms with Gasteiger partial charge in [-0.3, -0.25) is 9.59 Å². The summed E-state index contributed by atoms with van der Waals surface area (Å²) in [5.74, 6) is -1.47. The molecular weight excluding hydrogens is 365 g/mol. The first-order valence-corrected chi connectivity index (χ1v) is 9.03. The highest BCUT2D eigenvalue weighted by Gasteiger charge is 2.40. The lowest BCUT2D eigenvalue weighted by Gasteiger charge is -2.35. The van der Waals surface area contributed by atoms with Gasteiger partial charge in [0, 0.05) is 25.8 Å². The zero-order chi connectivity index (χ0) is 18.7. The molecule has 3 rings (SSSR count). The van der Waals surface area contributed by atoms with E-state index in [1.54, 1.807) is 4.90 Å². The maximum absolute atomic E-state index is 13.1. The number of benzene rings is 1. The van der Waals surface area contributed by atoms with E-state index in [0.717, 1.165) is 0 Å². The second kappa shape index (κ2) is 8.22. The van der Waals surface area contributed by atoms with E-state index in [-0.39, 0.29) is 29.6 Å². The Bertz CT molecular complexity index is 678. The van der Waals surface area contributed by atoms with Gasteiger partial charge in [-0.15, -0.1) is 0 Å². The molecule has 2 saturated heterocycles. The number of aliphatic carboxylic acids is 1. The number of amides is 1. The summed E-state index contributed by atoms with van der Waals surface area (Å²) in [6, 6.07) is 3.94. The highest BCUT2D eigenvalue weighted by molar-refractivity contribution is 6.30. The molecule has 0 aliphatic carbocycles. The molecule has 1 unspecified atom stereocenters. The van der Waals surface area contributed by atoms with Crippen molar-refractivity contribution >= 4 is 23.5 Å². The summed E-state index contributed by atoms with van der Waals surface area (Å²) in [7, 11) is 0. The van der Waals surface area contributed by atoms with Gasteiger partial charge in [-0.1, -0.05) is 11.6 Å². The lowest BCUT2D eigenvalue weighted by molar-refractivity contribution is -0.146. The predicted molar refractivity (Wildman–Crippen MR) is 91.7 cm³/mol. The SMILES string of the molecule is O=C(O)C1CCO[C@H]1C1CCN(C(=O)COc2ccc(F)c(Cl)c2)CC1. The normalized spacial score (nSPS) is 23.8. The van der Waals surface area contributed by atoms with Crippen LogP contribution in [-0.4, -0.2) is 54.3 Å². The van der Waals surface area contributed by atoms with Crippen LogP contribution in [0.2, 0.25) is 5.02 Å². The molecule has 26 heavy (non-hydrogen) atoms. The van der Waals surface area contributed by atoms with E-state index in [0.29, 0.717) is 44.7 Å². The molecule has 142 valence electrons. The fourth-order valence-corrected chi connectivity index (χ4v) is 3.79. The molecule has 0 bridgehead atoms. The van der Waals surface area contributed by atoms with Gasteiger partial charge in [0.2, 0.25) is 0 Å². The number of rotatable bonds is 5. The topological polar surface area (TPSA) is 76.1 Å². The Morgan fingerprint density at radius 2 is 2.04 bits per heavy atom. The van der Waals surface area contributed by atoms with Crippen molar-refractivity contribution in [3.63, 3.8) is 0 Å². The van der Waals surface area contributed by atoms with Crippen LogP contribution < -0.4 is 4.74 Å². The van der Waals surface area contributed by atoms with Crippen LogP contribution in [0, 0.1) is 17.7 Å². The molecule has 6 nitrogen and oxygen atoms in total. The summed E-state index contributed by atoms with van der Waals surface area (Å²) in [6.07, 6.45) is 1.71. The third-order valence-electron chi connectivity index (χ3n) is 5.06. The highest BCUT2D eigenvalue weighted by atomic mass is 35.5. The number of carbonyl (C=O) groups is 2. The van der Waals surface area contributed by atoms with Crippen molar-refractivity contribution < 1.29 is 28.6 Å². The molecule has 0 radical (unpaired) electrons. The Kier molecular flexibility index (Phi) is 5.98. The molecule has 0 saturated carbocycles. The third kappa shape index (κ3) is 4.27. The van der Waals surface area contributed by atoms with Gasteiger partial charge in [-0.05, 0) is 37.3 Å². The van der Waals surface area contributed by atoms with Gasteiger partial charge >= 0.3 is 5.97 Å². The van der Waals surface area contributed by atoms with Crippen molar-refractivity contribution in [2.24, 2.45) is 11.8 Å². The molecular formula is C18H21ClFNO5. The summed E-state index contributed by atoms with van der Waals surface area (Å²) in [4.78, 5) is 25.3. The molecule has 2 aliphatic rings. The molecule has 0 spiro atoms. The van der Waals surface area contributed by atoms with E-state index in [1.165, 1.54) is 18.2 Å². The number of carbonyl (C=O) groups excluding carboxylic acids is 1. The van der Waals surface area contributed by atoms with Gasteiger partial charge in [0.15, 0.2) is 6.61 Å². The molecule has 2 atom stereocenters. The number of ether oxygens (including phenoxy) is 2. The van der Waals surface area contributed by atoms with E-state index in [4.69, 9.17) is 21.1 Å². The van der Waals surface area contributed by atoms with E-state index in [9.17, 15) is 19.1 Å². The Morgan fingerprint density at radius 3 is 2.69 bits per heavy atom. The first kappa shape index (κ1) is 18.9. The van der Waals surface area contributed by atoms with Gasteiger partial charge in [0.1, 0.15) is 11.6 Å². The van der Waals surface area contributed by atoms with Gasteiger partial charge in [-0.2, -0.15) is 0 Å². The first-order chi connectivity index (χ1) is 12.5. The van der Waals surface area contributed by atoms with Crippen molar-refractivity contribution in [2.45, 2.75) is 25.4 Å². The van der Waals surface area contributed by atoms with Crippen molar-refractivity contribution in [3.8, 4) is 5.75 Å². The van der Waals surface area contributed by atoms with Crippen LogP contribution in [0.5, 0.6) is 5.75 Å². The number of carboxylic acid groups (broad SMARTS) is 1. The van der Waals surface area contributed by atoms with E-state index in [2.05, 4.69) is 0 Å². The number of hydrogen-bond donors (Lipinski definition) is 1. The minimum Gasteiger partial charge on any atom is -0.484 e. The summed E-state index contributed by atoms with van der Waals surface area (Å²) >= 11 is 5.69. The maximum atomic E-state index is 13.1. The standard InChI is InChI=1S/C18H21ClFNO5/c19-14-9-12(1-2-15(14)20)26-10-16(22)21-6-3-11(4-7-21)17-13(18(23)24)5-8-25-17/h1-2,9,11,13,17H,3-8,10H2,(H,23,24)/t13?,17-/m0/s1. The van der Waals surface area contributed by atoms with E-state index < -0.39 is 17.7 Å². The molecule has 8 heteroatoms. The number of piperidine rings is 1. The molecule has 2 heterocycles. The smallest absolute Gasteiger partial charge is 0.309 e.